The molecule has 98 valence electrons. The number of nitrogens with one attached hydrogen (secondary N) is 2. The summed E-state index contributed by atoms with van der Waals surface area (Å²) in [6.45, 7) is 2.97. The minimum Gasteiger partial charge on any atom is -0.480 e. The first-order valence-electron chi connectivity index (χ1n) is 5.78. The van der Waals surface area contributed by atoms with Gasteiger partial charge in [-0.15, -0.1) is 0 Å². The van der Waals surface area contributed by atoms with E-state index < -0.39 is 17.5 Å². The van der Waals surface area contributed by atoms with Gasteiger partial charge >= 0.3 is 12.0 Å². The third kappa shape index (κ3) is 3.59. The van der Waals surface area contributed by atoms with Crippen LogP contribution in [0.2, 0.25) is 0 Å². The molecule has 1 fully saturated rings. The Kier molecular flexibility index (Phi) is 4.74. The molecule has 17 heavy (non-hydrogen) atoms. The van der Waals surface area contributed by atoms with Gasteiger partial charge in [0, 0.05) is 13.7 Å². The summed E-state index contributed by atoms with van der Waals surface area (Å²) < 4.78 is 4.94. The zero-order valence-electron chi connectivity index (χ0n) is 10.3. The van der Waals surface area contributed by atoms with Gasteiger partial charge in [-0.05, 0) is 25.2 Å². The highest BCUT2D eigenvalue weighted by molar-refractivity contribution is 5.87. The van der Waals surface area contributed by atoms with E-state index in [0.717, 1.165) is 6.42 Å². The van der Waals surface area contributed by atoms with Crippen LogP contribution < -0.4 is 10.6 Å². The molecule has 0 aliphatic heterocycles. The molecule has 1 saturated carbocycles. The van der Waals surface area contributed by atoms with Crippen molar-refractivity contribution in [3.63, 3.8) is 0 Å². The van der Waals surface area contributed by atoms with Crippen LogP contribution in [0.4, 0.5) is 4.79 Å². The first-order valence-corrected chi connectivity index (χ1v) is 5.78. The molecule has 0 radical (unpaired) electrons. The van der Waals surface area contributed by atoms with E-state index in [1.54, 1.807) is 7.11 Å². The highest BCUT2D eigenvalue weighted by Gasteiger charge is 2.45. The van der Waals surface area contributed by atoms with Gasteiger partial charge in [0.15, 0.2) is 0 Å². The largest absolute Gasteiger partial charge is 0.480 e. The molecule has 1 aliphatic carbocycles. The van der Waals surface area contributed by atoms with E-state index in [1.807, 2.05) is 6.92 Å². The Bertz CT molecular complexity index is 289. The summed E-state index contributed by atoms with van der Waals surface area (Å²) in [5.74, 6) is -0.753. The number of carboxylic acids is 1. The van der Waals surface area contributed by atoms with Crippen LogP contribution in [0.5, 0.6) is 0 Å². The second-order valence-electron chi connectivity index (χ2n) is 4.64. The average molecular weight is 244 g/mol. The van der Waals surface area contributed by atoms with E-state index in [1.165, 1.54) is 0 Å². The minimum absolute atomic E-state index is 0.202. The fourth-order valence-electron chi connectivity index (χ4n) is 1.79. The molecule has 1 atom stereocenters. The highest BCUT2D eigenvalue weighted by Crippen LogP contribution is 2.31. The fourth-order valence-corrected chi connectivity index (χ4v) is 1.79. The molecule has 0 aromatic rings. The number of aliphatic carboxylic acids is 1. The first-order chi connectivity index (χ1) is 8.00. The number of carboxylic acid groups (broad SMARTS) is 1. The normalized spacial score (nSPS) is 18.9. The molecule has 0 spiro atoms. The summed E-state index contributed by atoms with van der Waals surface area (Å²) in [5.41, 5.74) is -1.05. The molecule has 6 nitrogen and oxygen atoms in total. The number of hydrogen-bond acceptors (Lipinski definition) is 3. The second-order valence-corrected chi connectivity index (χ2v) is 4.64. The molecule has 0 aromatic carbocycles. The SMILES string of the molecule is COCC(C)CNC(=O)NC1(C(=O)O)CCC1. The Balaban J connectivity index is 2.31. The summed E-state index contributed by atoms with van der Waals surface area (Å²) in [6.07, 6.45) is 1.85. The zero-order valence-corrected chi connectivity index (χ0v) is 10.3. The monoisotopic (exact) mass is 244 g/mol. The molecule has 0 heterocycles. The molecule has 0 saturated heterocycles. The smallest absolute Gasteiger partial charge is 0.329 e. The Labute approximate surface area is 101 Å². The molecule has 0 aromatic heterocycles. The predicted octanol–water partition coefficient (Wildman–Crippen LogP) is 0.575. The Morgan fingerprint density at radius 2 is 2.12 bits per heavy atom. The van der Waals surface area contributed by atoms with Crippen LogP contribution in [-0.4, -0.2) is 42.9 Å². The van der Waals surface area contributed by atoms with Gasteiger partial charge in [0.2, 0.25) is 0 Å². The van der Waals surface area contributed by atoms with Crippen LogP contribution in [0.3, 0.4) is 0 Å². The van der Waals surface area contributed by atoms with Crippen molar-refractivity contribution in [2.45, 2.75) is 31.7 Å². The lowest BCUT2D eigenvalue weighted by Gasteiger charge is -2.38. The predicted molar refractivity (Wildman–Crippen MR) is 61.8 cm³/mol. The summed E-state index contributed by atoms with van der Waals surface area (Å²) >= 11 is 0. The second kappa shape index (κ2) is 5.86. The van der Waals surface area contributed by atoms with E-state index in [4.69, 9.17) is 9.84 Å². The number of amides is 2. The number of carbonyl (C=O) groups excluding carboxylic acids is 1. The molecule has 1 rings (SSSR count). The third-order valence-electron chi connectivity index (χ3n) is 3.03. The molecule has 2 amide bonds. The maximum atomic E-state index is 11.5. The lowest BCUT2D eigenvalue weighted by atomic mass is 9.77. The van der Waals surface area contributed by atoms with Crippen LogP contribution >= 0.6 is 0 Å². The molecular formula is C11H20N2O4. The van der Waals surface area contributed by atoms with E-state index >= 15 is 0 Å². The molecule has 6 heteroatoms. The number of urea groups is 1. The van der Waals surface area contributed by atoms with Crippen LogP contribution in [0, 0.1) is 5.92 Å². The minimum atomic E-state index is -1.05. The number of hydrogen-bond donors (Lipinski definition) is 3. The van der Waals surface area contributed by atoms with Crippen molar-refractivity contribution in [2.75, 3.05) is 20.3 Å². The number of ether oxygens (including phenoxy) is 1. The van der Waals surface area contributed by atoms with Crippen molar-refractivity contribution in [3.05, 3.63) is 0 Å². The van der Waals surface area contributed by atoms with E-state index in [0.29, 0.717) is 26.0 Å². The van der Waals surface area contributed by atoms with Gasteiger partial charge in [0.25, 0.3) is 0 Å². The van der Waals surface area contributed by atoms with Crippen LogP contribution in [0.1, 0.15) is 26.2 Å². The van der Waals surface area contributed by atoms with Crippen LogP contribution in [0.15, 0.2) is 0 Å². The Hall–Kier alpha value is -1.30. The fraction of sp³-hybridized carbons (Fsp3) is 0.818. The lowest BCUT2D eigenvalue weighted by Crippen LogP contribution is -2.61. The van der Waals surface area contributed by atoms with Crippen molar-refractivity contribution in [1.29, 1.82) is 0 Å². The van der Waals surface area contributed by atoms with E-state index in [9.17, 15) is 9.59 Å². The molecule has 0 bridgehead atoms. The zero-order chi connectivity index (χ0) is 12.9. The van der Waals surface area contributed by atoms with Gasteiger partial charge in [0.05, 0.1) is 6.61 Å². The summed E-state index contributed by atoms with van der Waals surface area (Å²) in [4.78, 5) is 22.6. The van der Waals surface area contributed by atoms with Gasteiger partial charge in [0.1, 0.15) is 5.54 Å². The van der Waals surface area contributed by atoms with Crippen molar-refractivity contribution >= 4 is 12.0 Å². The number of carbonyl (C=O) groups is 2. The van der Waals surface area contributed by atoms with Gasteiger partial charge in [-0.1, -0.05) is 6.92 Å². The average Bonchev–Trinajstić information content (AvgIpc) is 2.20. The summed E-state index contributed by atoms with van der Waals surface area (Å²) in [5, 5.41) is 14.2. The quantitative estimate of drug-likeness (QED) is 0.637. The highest BCUT2D eigenvalue weighted by atomic mass is 16.5. The summed E-state index contributed by atoms with van der Waals surface area (Å²) in [7, 11) is 1.60. The van der Waals surface area contributed by atoms with E-state index in [-0.39, 0.29) is 5.92 Å². The van der Waals surface area contributed by atoms with Crippen molar-refractivity contribution in [3.8, 4) is 0 Å². The molecule has 3 N–H and O–H groups in total. The van der Waals surface area contributed by atoms with Crippen molar-refractivity contribution in [2.24, 2.45) is 5.92 Å². The molecular weight excluding hydrogens is 224 g/mol. The van der Waals surface area contributed by atoms with Crippen molar-refractivity contribution < 1.29 is 19.4 Å². The molecule has 1 unspecified atom stereocenters. The summed E-state index contributed by atoms with van der Waals surface area (Å²) in [6, 6.07) is -0.421. The van der Waals surface area contributed by atoms with Crippen molar-refractivity contribution in [1.82, 2.24) is 10.6 Å². The van der Waals surface area contributed by atoms with E-state index in [2.05, 4.69) is 10.6 Å². The maximum absolute atomic E-state index is 11.5. The number of rotatable bonds is 6. The van der Waals surface area contributed by atoms with Gasteiger partial charge in [-0.2, -0.15) is 0 Å². The number of methoxy groups -OCH3 is 1. The van der Waals surface area contributed by atoms with Gasteiger partial charge < -0.3 is 20.5 Å². The van der Waals surface area contributed by atoms with Crippen LogP contribution in [-0.2, 0) is 9.53 Å². The molecule has 1 aliphatic rings. The van der Waals surface area contributed by atoms with Gasteiger partial charge in [-0.3, -0.25) is 0 Å². The topological polar surface area (TPSA) is 87.7 Å². The van der Waals surface area contributed by atoms with Gasteiger partial charge in [-0.25, -0.2) is 9.59 Å². The standard InChI is InChI=1S/C11H20N2O4/c1-8(7-17-2)6-12-10(16)13-11(9(14)15)4-3-5-11/h8H,3-7H2,1-2H3,(H,14,15)(H2,12,13,16). The Morgan fingerprint density at radius 3 is 2.53 bits per heavy atom. The lowest BCUT2D eigenvalue weighted by molar-refractivity contribution is -0.148. The van der Waals surface area contributed by atoms with Crippen LogP contribution in [0.25, 0.3) is 0 Å². The Morgan fingerprint density at radius 1 is 1.47 bits per heavy atom. The first kappa shape index (κ1) is 13.8. The third-order valence-corrected chi connectivity index (χ3v) is 3.03. The maximum Gasteiger partial charge on any atom is 0.329 e.